The van der Waals surface area contributed by atoms with Crippen LogP contribution in [0.15, 0.2) is 58.2 Å². The molecule has 0 bridgehead atoms. The summed E-state index contributed by atoms with van der Waals surface area (Å²) < 4.78 is 16.8. The fourth-order valence-electron chi connectivity index (χ4n) is 2.61. The molecule has 1 aliphatic carbocycles. The Morgan fingerprint density at radius 1 is 1.07 bits per heavy atom. The van der Waals surface area contributed by atoms with Gasteiger partial charge in [0.25, 0.3) is 5.22 Å². The van der Waals surface area contributed by atoms with Crippen LogP contribution in [0, 0.1) is 0 Å². The van der Waals surface area contributed by atoms with E-state index in [1.165, 1.54) is 11.8 Å². The molecule has 4 rings (SSSR count). The SMILES string of the molecule is CCOc1ccc(Oc2ccc(NC(=O)CSc3nnc(C4CC4)o3)cc2)cc1. The quantitative estimate of drug-likeness (QED) is 0.503. The third-order valence-corrected chi connectivity index (χ3v) is 5.00. The van der Waals surface area contributed by atoms with Gasteiger partial charge in [-0.1, -0.05) is 11.8 Å². The van der Waals surface area contributed by atoms with Crippen LogP contribution in [0.3, 0.4) is 0 Å². The highest BCUT2D eigenvalue weighted by atomic mass is 32.2. The molecule has 29 heavy (non-hydrogen) atoms. The average Bonchev–Trinajstić information content (AvgIpc) is 3.48. The van der Waals surface area contributed by atoms with Gasteiger partial charge in [0.1, 0.15) is 17.2 Å². The van der Waals surface area contributed by atoms with Crippen LogP contribution in [0.4, 0.5) is 5.69 Å². The summed E-state index contributed by atoms with van der Waals surface area (Å²) in [5.41, 5.74) is 0.693. The zero-order valence-corrected chi connectivity index (χ0v) is 16.8. The number of amides is 1. The lowest BCUT2D eigenvalue weighted by atomic mass is 10.3. The fourth-order valence-corrected chi connectivity index (χ4v) is 3.18. The molecule has 1 aliphatic rings. The molecule has 1 heterocycles. The van der Waals surface area contributed by atoms with Gasteiger partial charge in [0.15, 0.2) is 0 Å². The predicted octanol–water partition coefficient (Wildman–Crippen LogP) is 4.87. The molecule has 1 N–H and O–H groups in total. The second kappa shape index (κ2) is 9.00. The van der Waals surface area contributed by atoms with Gasteiger partial charge in [-0.2, -0.15) is 0 Å². The molecule has 3 aromatic rings. The molecule has 0 unspecified atom stereocenters. The maximum Gasteiger partial charge on any atom is 0.277 e. The van der Waals surface area contributed by atoms with Crippen LogP contribution >= 0.6 is 11.8 Å². The standard InChI is InChI=1S/C21H21N3O4S/c1-2-26-16-9-11-18(12-10-16)27-17-7-5-15(6-8-17)22-19(25)13-29-21-24-23-20(28-21)14-3-4-14/h5-12,14H,2-4,13H2,1H3,(H,22,25). The van der Waals surface area contributed by atoms with Gasteiger partial charge in [-0.15, -0.1) is 10.2 Å². The molecule has 1 saturated carbocycles. The van der Waals surface area contributed by atoms with Gasteiger partial charge >= 0.3 is 0 Å². The van der Waals surface area contributed by atoms with E-state index in [1.807, 2.05) is 31.2 Å². The molecular weight excluding hydrogens is 390 g/mol. The number of hydrogen-bond donors (Lipinski definition) is 1. The number of hydrogen-bond acceptors (Lipinski definition) is 7. The molecule has 150 valence electrons. The van der Waals surface area contributed by atoms with E-state index in [-0.39, 0.29) is 11.7 Å². The van der Waals surface area contributed by atoms with Crippen molar-refractivity contribution in [2.75, 3.05) is 17.7 Å². The Morgan fingerprint density at radius 3 is 2.38 bits per heavy atom. The summed E-state index contributed by atoms with van der Waals surface area (Å²) in [6.07, 6.45) is 2.20. The van der Waals surface area contributed by atoms with Crippen LogP contribution in [-0.2, 0) is 4.79 Å². The Bertz CT molecular complexity index is 953. The van der Waals surface area contributed by atoms with Crippen molar-refractivity contribution in [3.63, 3.8) is 0 Å². The first-order valence-corrected chi connectivity index (χ1v) is 10.4. The Morgan fingerprint density at radius 2 is 1.72 bits per heavy atom. The number of rotatable bonds is 9. The molecule has 7 nitrogen and oxygen atoms in total. The first-order chi connectivity index (χ1) is 14.2. The summed E-state index contributed by atoms with van der Waals surface area (Å²) in [4.78, 5) is 12.1. The maximum absolute atomic E-state index is 12.1. The van der Waals surface area contributed by atoms with Gasteiger partial charge in [0.05, 0.1) is 12.4 Å². The summed E-state index contributed by atoms with van der Waals surface area (Å²) in [6.45, 7) is 2.57. The molecule has 0 radical (unpaired) electrons. The van der Waals surface area contributed by atoms with Crippen molar-refractivity contribution in [2.24, 2.45) is 0 Å². The van der Waals surface area contributed by atoms with Crippen molar-refractivity contribution in [1.82, 2.24) is 10.2 Å². The van der Waals surface area contributed by atoms with Crippen LogP contribution < -0.4 is 14.8 Å². The van der Waals surface area contributed by atoms with Gasteiger partial charge in [0, 0.05) is 11.6 Å². The number of thioether (sulfide) groups is 1. The smallest absolute Gasteiger partial charge is 0.277 e. The second-order valence-electron chi connectivity index (χ2n) is 6.55. The number of nitrogens with one attached hydrogen (secondary N) is 1. The molecule has 0 saturated heterocycles. The molecule has 2 aromatic carbocycles. The minimum absolute atomic E-state index is 0.138. The lowest BCUT2D eigenvalue weighted by molar-refractivity contribution is -0.113. The first kappa shape index (κ1) is 19.3. The largest absolute Gasteiger partial charge is 0.494 e. The third kappa shape index (κ3) is 5.51. The highest BCUT2D eigenvalue weighted by molar-refractivity contribution is 7.99. The lowest BCUT2D eigenvalue weighted by Gasteiger charge is -2.09. The van der Waals surface area contributed by atoms with Crippen molar-refractivity contribution in [1.29, 1.82) is 0 Å². The van der Waals surface area contributed by atoms with Gasteiger partial charge in [-0.3, -0.25) is 4.79 Å². The topological polar surface area (TPSA) is 86.5 Å². The van der Waals surface area contributed by atoms with E-state index < -0.39 is 0 Å². The fraction of sp³-hybridized carbons (Fsp3) is 0.286. The second-order valence-corrected chi connectivity index (χ2v) is 7.47. The minimum atomic E-state index is -0.138. The van der Waals surface area contributed by atoms with Gasteiger partial charge in [-0.05, 0) is 68.3 Å². The first-order valence-electron chi connectivity index (χ1n) is 9.46. The van der Waals surface area contributed by atoms with E-state index in [2.05, 4.69) is 15.5 Å². The van der Waals surface area contributed by atoms with Crippen molar-refractivity contribution >= 4 is 23.4 Å². The molecule has 1 aromatic heterocycles. The van der Waals surface area contributed by atoms with Crippen molar-refractivity contribution < 1.29 is 18.7 Å². The van der Waals surface area contributed by atoms with E-state index in [4.69, 9.17) is 13.9 Å². The number of carbonyl (C=O) groups is 1. The van der Waals surface area contributed by atoms with Crippen LogP contribution in [0.5, 0.6) is 17.2 Å². The molecule has 1 amide bonds. The summed E-state index contributed by atoms with van der Waals surface area (Å²) in [5, 5.41) is 11.3. The number of ether oxygens (including phenoxy) is 2. The lowest BCUT2D eigenvalue weighted by Crippen LogP contribution is -2.13. The highest BCUT2D eigenvalue weighted by Crippen LogP contribution is 2.39. The van der Waals surface area contributed by atoms with Crippen LogP contribution in [0.2, 0.25) is 0 Å². The Hall–Kier alpha value is -3.00. The van der Waals surface area contributed by atoms with Gasteiger partial charge in [-0.25, -0.2) is 0 Å². The number of nitrogens with zero attached hydrogens (tertiary/aromatic N) is 2. The van der Waals surface area contributed by atoms with Crippen molar-refractivity contribution in [2.45, 2.75) is 30.9 Å². The summed E-state index contributed by atoms with van der Waals surface area (Å²) in [6, 6.07) is 14.6. The average molecular weight is 411 g/mol. The monoisotopic (exact) mass is 411 g/mol. The van der Waals surface area contributed by atoms with Crippen LogP contribution in [0.1, 0.15) is 31.6 Å². The van der Waals surface area contributed by atoms with E-state index >= 15 is 0 Å². The number of benzene rings is 2. The van der Waals surface area contributed by atoms with Crippen molar-refractivity contribution in [3.05, 3.63) is 54.4 Å². The molecule has 0 spiro atoms. The van der Waals surface area contributed by atoms with Gasteiger partial charge < -0.3 is 19.2 Å². The Balaban J connectivity index is 1.25. The van der Waals surface area contributed by atoms with E-state index in [0.717, 1.165) is 18.6 Å². The molecule has 0 atom stereocenters. The predicted molar refractivity (Wildman–Crippen MR) is 110 cm³/mol. The maximum atomic E-state index is 12.1. The van der Waals surface area contributed by atoms with E-state index in [0.29, 0.717) is 40.8 Å². The number of aromatic nitrogens is 2. The number of anilines is 1. The Labute approximate surface area is 172 Å². The van der Waals surface area contributed by atoms with E-state index in [9.17, 15) is 4.79 Å². The Kier molecular flexibility index (Phi) is 6.00. The van der Waals surface area contributed by atoms with Crippen LogP contribution in [0.25, 0.3) is 0 Å². The molecule has 8 heteroatoms. The molecule has 1 fully saturated rings. The molecular formula is C21H21N3O4S. The number of carbonyl (C=O) groups excluding carboxylic acids is 1. The summed E-state index contributed by atoms with van der Waals surface area (Å²) in [5.74, 6) is 3.36. The zero-order valence-electron chi connectivity index (χ0n) is 16.0. The minimum Gasteiger partial charge on any atom is -0.494 e. The van der Waals surface area contributed by atoms with Gasteiger partial charge in [0.2, 0.25) is 11.8 Å². The third-order valence-electron chi connectivity index (χ3n) is 4.18. The summed E-state index contributed by atoms with van der Waals surface area (Å²) >= 11 is 1.24. The zero-order chi connectivity index (χ0) is 20.1. The van der Waals surface area contributed by atoms with Crippen LogP contribution in [-0.4, -0.2) is 28.5 Å². The van der Waals surface area contributed by atoms with Crippen molar-refractivity contribution in [3.8, 4) is 17.2 Å². The molecule has 0 aliphatic heterocycles. The highest BCUT2D eigenvalue weighted by Gasteiger charge is 2.29. The normalized spacial score (nSPS) is 13.1. The summed E-state index contributed by atoms with van der Waals surface area (Å²) in [7, 11) is 0. The van der Waals surface area contributed by atoms with E-state index in [1.54, 1.807) is 24.3 Å².